The van der Waals surface area contributed by atoms with Crippen LogP contribution in [0.1, 0.15) is 106 Å². The molecule has 10 aliphatic rings. The minimum absolute atomic E-state index is 0.114. The van der Waals surface area contributed by atoms with Crippen LogP contribution < -0.4 is 0 Å². The molecule has 5 aliphatic heterocycles. The average molecular weight is 1250 g/mol. The van der Waals surface area contributed by atoms with Crippen LogP contribution in [0.5, 0.6) is 0 Å². The fourth-order valence-corrected chi connectivity index (χ4v) is 17.7. The van der Waals surface area contributed by atoms with E-state index in [-0.39, 0.29) is 17.8 Å². The second kappa shape index (κ2) is 25.0. The maximum Gasteiger partial charge on any atom is 0.315 e. The summed E-state index contributed by atoms with van der Waals surface area (Å²) in [4.78, 5) is 29.4. The van der Waals surface area contributed by atoms with Crippen molar-refractivity contribution >= 4 is 12.3 Å². The third-order valence-corrected chi connectivity index (χ3v) is 23.0. The number of carbonyl (C=O) groups is 2. The van der Waals surface area contributed by atoms with E-state index in [1.807, 2.05) is 0 Å². The number of hydrogen-bond acceptors (Lipinski definition) is 28. The van der Waals surface area contributed by atoms with Gasteiger partial charge in [-0.05, 0) is 104 Å². The Morgan fingerprint density at radius 3 is 1.68 bits per heavy atom. The number of hydrogen-bond donors (Lipinski definition) is 16. The summed E-state index contributed by atoms with van der Waals surface area (Å²) >= 11 is 0. The molecule has 34 atom stereocenters. The molecule has 0 spiro atoms. The number of fused-ring (bicyclic) bond motifs is 7. The molecule has 10 rings (SSSR count). The zero-order valence-electron chi connectivity index (χ0n) is 50.1. The summed E-state index contributed by atoms with van der Waals surface area (Å²) in [6, 6.07) is 0. The second-order valence-electron chi connectivity index (χ2n) is 28.4. The molecule has 87 heavy (non-hydrogen) atoms. The van der Waals surface area contributed by atoms with Crippen molar-refractivity contribution < 1.29 is 139 Å². The molecule has 28 heteroatoms. The summed E-state index contributed by atoms with van der Waals surface area (Å²) in [6.45, 7) is 11.1. The van der Waals surface area contributed by atoms with E-state index in [1.54, 1.807) is 6.92 Å². The molecule has 0 bridgehead atoms. The summed E-state index contributed by atoms with van der Waals surface area (Å²) in [5, 5.41) is 174. The Kier molecular flexibility index (Phi) is 19.5. The molecule has 0 aromatic rings. The van der Waals surface area contributed by atoms with Gasteiger partial charge >= 0.3 is 5.97 Å². The molecule has 0 radical (unpaired) electrons. The van der Waals surface area contributed by atoms with Crippen LogP contribution in [0, 0.1) is 50.2 Å². The quantitative estimate of drug-likeness (QED) is 0.0338. The lowest BCUT2D eigenvalue weighted by molar-refractivity contribution is -0.381. The number of esters is 1. The van der Waals surface area contributed by atoms with Crippen molar-refractivity contribution in [2.24, 2.45) is 50.2 Å². The zero-order chi connectivity index (χ0) is 63.6. The normalized spacial score (nSPS) is 55.1. The van der Waals surface area contributed by atoms with Crippen LogP contribution in [-0.4, -0.2) is 280 Å². The van der Waals surface area contributed by atoms with E-state index in [4.69, 9.17) is 47.4 Å². The maximum absolute atomic E-state index is 15.5. The van der Waals surface area contributed by atoms with Crippen molar-refractivity contribution in [2.75, 3.05) is 26.4 Å². The predicted octanol–water partition coefficient (Wildman–Crippen LogP) is -4.39. The highest BCUT2D eigenvalue weighted by atomic mass is 16.8. The van der Waals surface area contributed by atoms with Crippen LogP contribution in [0.2, 0.25) is 0 Å². The molecule has 0 amide bonds. The molecule has 0 aromatic carbocycles. The van der Waals surface area contributed by atoms with E-state index in [2.05, 4.69) is 40.7 Å². The first-order valence-electron chi connectivity index (χ1n) is 30.7. The van der Waals surface area contributed by atoms with Crippen LogP contribution >= 0.6 is 0 Å². The van der Waals surface area contributed by atoms with Gasteiger partial charge in [0.05, 0.1) is 55.6 Å². The number of ether oxygens (including phenoxy) is 10. The molecule has 5 aliphatic carbocycles. The van der Waals surface area contributed by atoms with Gasteiger partial charge in [-0.25, -0.2) is 0 Å². The molecule has 5 heterocycles. The Labute approximate surface area is 503 Å². The Bertz CT molecular complexity index is 2460. The van der Waals surface area contributed by atoms with E-state index in [0.717, 1.165) is 11.9 Å². The largest absolute Gasteiger partial charge is 0.432 e. The number of carbonyl (C=O) groups excluding carboxylic acids is 2. The van der Waals surface area contributed by atoms with Crippen LogP contribution in [0.4, 0.5) is 0 Å². The van der Waals surface area contributed by atoms with E-state index >= 15 is 4.79 Å². The third kappa shape index (κ3) is 11.2. The van der Waals surface area contributed by atoms with Gasteiger partial charge in [-0.3, -0.25) is 4.79 Å². The van der Waals surface area contributed by atoms with Crippen LogP contribution in [0.25, 0.3) is 0 Å². The minimum Gasteiger partial charge on any atom is -0.432 e. The fourth-order valence-electron chi connectivity index (χ4n) is 17.7. The number of aliphatic hydroxyl groups excluding tert-OH is 16. The number of aldehydes is 1. The van der Waals surface area contributed by atoms with Crippen molar-refractivity contribution in [1.29, 1.82) is 0 Å². The summed E-state index contributed by atoms with van der Waals surface area (Å²) in [7, 11) is 0. The van der Waals surface area contributed by atoms with E-state index in [1.165, 1.54) is 6.92 Å². The van der Waals surface area contributed by atoms with Gasteiger partial charge in [-0.2, -0.15) is 0 Å². The molecule has 5 saturated heterocycles. The first-order chi connectivity index (χ1) is 40.8. The molecule has 16 N–H and O–H groups in total. The average Bonchev–Trinajstić information content (AvgIpc) is 0.833. The second-order valence-corrected chi connectivity index (χ2v) is 28.4. The Morgan fingerprint density at radius 1 is 0.552 bits per heavy atom. The third-order valence-electron chi connectivity index (χ3n) is 23.0. The first kappa shape index (κ1) is 67.8. The highest BCUT2D eigenvalue weighted by molar-refractivity contribution is 5.79. The molecule has 4 saturated carbocycles. The summed E-state index contributed by atoms with van der Waals surface area (Å²) in [5.74, 6) is -1.71. The highest BCUT2D eigenvalue weighted by Gasteiger charge is 2.72. The van der Waals surface area contributed by atoms with Crippen molar-refractivity contribution in [2.45, 2.75) is 266 Å². The summed E-state index contributed by atoms with van der Waals surface area (Å²) < 4.78 is 59.6. The van der Waals surface area contributed by atoms with Crippen molar-refractivity contribution in [3.63, 3.8) is 0 Å². The molecule has 0 aromatic heterocycles. The van der Waals surface area contributed by atoms with Gasteiger partial charge < -0.3 is 134 Å². The number of rotatable bonds is 14. The molecule has 498 valence electrons. The monoisotopic (exact) mass is 1250 g/mol. The van der Waals surface area contributed by atoms with Gasteiger partial charge in [0.25, 0.3) is 0 Å². The lowest BCUT2D eigenvalue weighted by Gasteiger charge is -2.71. The van der Waals surface area contributed by atoms with E-state index < -0.39 is 231 Å². The number of aliphatic hydroxyl groups is 16. The van der Waals surface area contributed by atoms with Crippen molar-refractivity contribution in [1.82, 2.24) is 0 Å². The summed E-state index contributed by atoms with van der Waals surface area (Å²) in [5.41, 5.74) is -3.68. The van der Waals surface area contributed by atoms with Gasteiger partial charge in [0.15, 0.2) is 31.3 Å². The van der Waals surface area contributed by atoms with Gasteiger partial charge in [0, 0.05) is 0 Å². The maximum atomic E-state index is 15.5. The summed E-state index contributed by atoms with van der Waals surface area (Å²) in [6.07, 6.45) is -36.3. The Balaban J connectivity index is 0.895. The highest BCUT2D eigenvalue weighted by Crippen LogP contribution is 2.76. The molecule has 28 nitrogen and oxygen atoms in total. The molecule has 9 fully saturated rings. The number of allylic oxidation sites excluding steroid dienone is 2. The minimum atomic E-state index is -1.94. The Morgan fingerprint density at radius 2 is 1.07 bits per heavy atom. The van der Waals surface area contributed by atoms with Gasteiger partial charge in [0.1, 0.15) is 110 Å². The van der Waals surface area contributed by atoms with Crippen LogP contribution in [-0.2, 0) is 57.0 Å². The standard InChI is InChI=1S/C59H94O28/c1-23-44(83-48-41(74)33(66)27(65)21-78-48)40(73)43(76)49(79-23)84-46-39(72)36(69)30(20-62)82-52(46)87-53(77)59-14-12-54(2,3)16-25(59)24-8-9-32-55(4)17-26(64)47(56(5,22-63)31(55)10-11-58(32,7)57(24,6)13-15-59)86-51-45(38(71)35(68)29(19-61)81-51)85-50-42(75)37(70)34(67)28(18-60)80-50/h8,22-23,25-52,60-62,64-76H,9-21H2,1-7H3/t23-,25-,26-,27+,28+,29+,30+,31+,32+,33-,34+,35+,36+,37-,38-,39-,40-,41+,42+,43+,44-,45+,46+,47-,48-,49-,50-,51-,52-,55-,56-,57+,58+,59-/m0/s1. The molecular weight excluding hydrogens is 1160 g/mol. The first-order valence-corrected chi connectivity index (χ1v) is 30.7. The van der Waals surface area contributed by atoms with Crippen LogP contribution in [0.3, 0.4) is 0 Å². The lowest BCUT2D eigenvalue weighted by Crippen LogP contribution is -2.70. The van der Waals surface area contributed by atoms with Gasteiger partial charge in [-0.1, -0.05) is 53.2 Å². The fraction of sp³-hybridized carbons (Fsp3) is 0.932. The van der Waals surface area contributed by atoms with Crippen LogP contribution in [0.15, 0.2) is 11.6 Å². The van der Waals surface area contributed by atoms with Crippen molar-refractivity contribution in [3.8, 4) is 0 Å². The van der Waals surface area contributed by atoms with Gasteiger partial charge in [0.2, 0.25) is 6.29 Å². The molecule has 0 unspecified atom stereocenters. The smallest absolute Gasteiger partial charge is 0.315 e. The lowest BCUT2D eigenvalue weighted by atomic mass is 9.33. The molecular formula is C59H94O28. The van der Waals surface area contributed by atoms with E-state index in [0.29, 0.717) is 51.4 Å². The van der Waals surface area contributed by atoms with E-state index in [9.17, 15) is 86.5 Å². The Hall–Kier alpha value is -2.12. The topological polar surface area (TPSA) is 450 Å². The predicted molar refractivity (Wildman–Crippen MR) is 290 cm³/mol. The van der Waals surface area contributed by atoms with Gasteiger partial charge in [-0.15, -0.1) is 0 Å². The SMILES string of the molecule is C[C@@H]1O[C@@H](O[C@H]2[C@H](OC(=O)[C@]34CCC(C)(C)C[C@H]3C3=CC[C@@H]5[C@@]6(C)C[C@H](O)[C@H](O[C@@H]7O[C@H](CO)[C@@H](O)[C@H](O)[C@H]7O[C@@H]7O[C@H](CO)[C@@H](O)[C@H](O)[C@H]7O)[C@@](C)(C=O)[C@@H]6CC[C@@]5(C)[C@]3(C)CC4)O[C@H](CO)[C@@H](O)[C@@H]2O)[C@H](O)[C@H](O)[C@H]1O[C@@H]1OC[C@@H](O)[C@H](O)[C@H]1O. The zero-order valence-corrected chi connectivity index (χ0v) is 50.1. The van der Waals surface area contributed by atoms with Crippen molar-refractivity contribution in [3.05, 3.63) is 11.6 Å².